The van der Waals surface area contributed by atoms with Crippen LogP contribution in [0.15, 0.2) is 5.16 Å². The maximum Gasteiger partial charge on any atom is 0.435 e. The van der Waals surface area contributed by atoms with Crippen LogP contribution in [0.3, 0.4) is 0 Å². The highest BCUT2D eigenvalue weighted by Crippen LogP contribution is 2.37. The first-order chi connectivity index (χ1) is 8.92. The number of piperidine rings is 1. The Morgan fingerprint density at radius 2 is 2.11 bits per heavy atom. The average Bonchev–Trinajstić information content (AvgIpc) is 2.67. The second-order valence-corrected chi connectivity index (χ2v) is 5.76. The van der Waals surface area contributed by atoms with E-state index in [2.05, 4.69) is 17.1 Å². The Bertz CT molecular complexity index is 373. The second kappa shape index (κ2) is 5.46. The summed E-state index contributed by atoms with van der Waals surface area (Å²) in [7, 11) is 5.39. The van der Waals surface area contributed by atoms with Gasteiger partial charge in [-0.15, -0.1) is 0 Å². The molecule has 2 aliphatic rings. The number of rotatable bonds is 1. The number of likely N-dealkylation sites (tertiary alicyclic amines) is 1. The monoisotopic (exact) mass is 269 g/mol. The maximum absolute atomic E-state index is 11.4. The number of hydrogen-bond donors (Lipinski definition) is 0. The molecule has 0 bridgehead atoms. The standard InChI is InChI=1S/C13H23N3O3/c1-10-11(14-19-12(17)15(2)3)9-13(18-10)5-7-16(4)8-6-13/h10H,5-9H2,1-4H3/b14-11-. The van der Waals surface area contributed by atoms with Crippen molar-refractivity contribution in [2.75, 3.05) is 34.2 Å². The Hall–Kier alpha value is -1.14. The van der Waals surface area contributed by atoms with E-state index in [1.54, 1.807) is 14.1 Å². The van der Waals surface area contributed by atoms with Gasteiger partial charge >= 0.3 is 6.09 Å². The molecule has 0 aliphatic carbocycles. The summed E-state index contributed by atoms with van der Waals surface area (Å²) in [5.41, 5.74) is 0.731. The number of nitrogens with zero attached hydrogens (tertiary/aromatic N) is 3. The van der Waals surface area contributed by atoms with Gasteiger partial charge in [0.1, 0.15) is 0 Å². The summed E-state index contributed by atoms with van der Waals surface area (Å²) >= 11 is 0. The van der Waals surface area contributed by atoms with Crippen molar-refractivity contribution < 1.29 is 14.4 Å². The second-order valence-electron chi connectivity index (χ2n) is 5.76. The fourth-order valence-corrected chi connectivity index (χ4v) is 2.56. The van der Waals surface area contributed by atoms with E-state index in [0.29, 0.717) is 0 Å². The van der Waals surface area contributed by atoms with Crippen molar-refractivity contribution >= 4 is 11.8 Å². The zero-order valence-electron chi connectivity index (χ0n) is 12.2. The minimum Gasteiger partial charge on any atom is -0.365 e. The predicted molar refractivity (Wildman–Crippen MR) is 72.2 cm³/mol. The number of carbonyl (C=O) groups is 1. The van der Waals surface area contributed by atoms with Gasteiger partial charge in [0, 0.05) is 33.6 Å². The third kappa shape index (κ3) is 3.25. The van der Waals surface area contributed by atoms with Crippen LogP contribution in [0.2, 0.25) is 0 Å². The van der Waals surface area contributed by atoms with E-state index in [0.717, 1.165) is 38.1 Å². The third-order valence-electron chi connectivity index (χ3n) is 3.90. The van der Waals surface area contributed by atoms with Gasteiger partial charge in [0.2, 0.25) is 0 Å². The summed E-state index contributed by atoms with van der Waals surface area (Å²) in [5.74, 6) is 0. The summed E-state index contributed by atoms with van der Waals surface area (Å²) in [6, 6.07) is 0. The number of hydrogen-bond acceptors (Lipinski definition) is 5. The van der Waals surface area contributed by atoms with Crippen LogP contribution in [0.25, 0.3) is 0 Å². The van der Waals surface area contributed by atoms with E-state index >= 15 is 0 Å². The highest BCUT2D eigenvalue weighted by atomic mass is 16.7. The van der Waals surface area contributed by atoms with E-state index in [9.17, 15) is 4.79 Å². The smallest absolute Gasteiger partial charge is 0.365 e. The van der Waals surface area contributed by atoms with Crippen molar-refractivity contribution in [1.82, 2.24) is 9.80 Å². The van der Waals surface area contributed by atoms with Crippen LogP contribution in [-0.4, -0.2) is 67.5 Å². The molecule has 6 nitrogen and oxygen atoms in total. The number of oxime groups is 1. The fraction of sp³-hybridized carbons (Fsp3) is 0.846. The Morgan fingerprint density at radius 1 is 1.47 bits per heavy atom. The summed E-state index contributed by atoms with van der Waals surface area (Å²) in [6.07, 6.45) is 2.26. The zero-order valence-corrected chi connectivity index (χ0v) is 12.2. The zero-order chi connectivity index (χ0) is 14.0. The molecule has 1 atom stereocenters. The molecule has 2 aliphatic heterocycles. The first-order valence-corrected chi connectivity index (χ1v) is 6.73. The molecule has 1 spiro atoms. The van der Waals surface area contributed by atoms with Crippen molar-refractivity contribution in [2.45, 2.75) is 37.9 Å². The largest absolute Gasteiger partial charge is 0.435 e. The van der Waals surface area contributed by atoms with Gasteiger partial charge < -0.3 is 14.5 Å². The van der Waals surface area contributed by atoms with Gasteiger partial charge in [0.25, 0.3) is 0 Å². The van der Waals surface area contributed by atoms with Crippen LogP contribution < -0.4 is 0 Å². The van der Waals surface area contributed by atoms with Crippen LogP contribution in [0.4, 0.5) is 4.79 Å². The average molecular weight is 269 g/mol. The van der Waals surface area contributed by atoms with Crippen molar-refractivity contribution in [3.8, 4) is 0 Å². The Balaban J connectivity index is 1.97. The van der Waals surface area contributed by atoms with Crippen molar-refractivity contribution in [2.24, 2.45) is 5.16 Å². The molecular weight excluding hydrogens is 246 g/mol. The van der Waals surface area contributed by atoms with Crippen LogP contribution >= 0.6 is 0 Å². The number of ether oxygens (including phenoxy) is 1. The van der Waals surface area contributed by atoms with Crippen LogP contribution in [0, 0.1) is 0 Å². The summed E-state index contributed by atoms with van der Waals surface area (Å²) < 4.78 is 6.08. The molecule has 2 heterocycles. The van der Waals surface area contributed by atoms with E-state index < -0.39 is 6.09 Å². The van der Waals surface area contributed by atoms with E-state index in [-0.39, 0.29) is 11.7 Å². The van der Waals surface area contributed by atoms with Crippen LogP contribution in [0.1, 0.15) is 26.2 Å². The van der Waals surface area contributed by atoms with Gasteiger partial charge in [0.15, 0.2) is 0 Å². The fourth-order valence-electron chi connectivity index (χ4n) is 2.56. The SMILES string of the molecule is CC1OC2(CCN(C)CC2)C/C1=N/OC(=O)N(C)C. The molecule has 0 aromatic rings. The highest BCUT2D eigenvalue weighted by Gasteiger charge is 2.44. The maximum atomic E-state index is 11.4. The minimum absolute atomic E-state index is 0.0710. The van der Waals surface area contributed by atoms with E-state index in [1.807, 2.05) is 6.92 Å². The molecule has 2 saturated heterocycles. The molecule has 19 heavy (non-hydrogen) atoms. The lowest BCUT2D eigenvalue weighted by molar-refractivity contribution is -0.0657. The van der Waals surface area contributed by atoms with Gasteiger partial charge in [-0.05, 0) is 26.8 Å². The molecule has 0 N–H and O–H groups in total. The van der Waals surface area contributed by atoms with Gasteiger partial charge in [-0.2, -0.15) is 0 Å². The summed E-state index contributed by atoms with van der Waals surface area (Å²) in [4.78, 5) is 19.9. The molecule has 2 rings (SSSR count). The van der Waals surface area contributed by atoms with Crippen molar-refractivity contribution in [1.29, 1.82) is 0 Å². The van der Waals surface area contributed by atoms with E-state index in [4.69, 9.17) is 9.57 Å². The number of amides is 1. The summed E-state index contributed by atoms with van der Waals surface area (Å²) in [6.45, 7) is 4.05. The Morgan fingerprint density at radius 3 is 2.68 bits per heavy atom. The van der Waals surface area contributed by atoms with Crippen LogP contribution in [0.5, 0.6) is 0 Å². The number of carbonyl (C=O) groups excluding carboxylic acids is 1. The lowest BCUT2D eigenvalue weighted by Crippen LogP contribution is -2.42. The van der Waals surface area contributed by atoms with Gasteiger partial charge in [-0.3, -0.25) is 4.84 Å². The molecule has 2 fully saturated rings. The van der Waals surface area contributed by atoms with Gasteiger partial charge in [-0.1, -0.05) is 5.16 Å². The lowest BCUT2D eigenvalue weighted by Gasteiger charge is -2.36. The normalized spacial score (nSPS) is 28.8. The van der Waals surface area contributed by atoms with Crippen molar-refractivity contribution in [3.05, 3.63) is 0 Å². The molecule has 108 valence electrons. The van der Waals surface area contributed by atoms with Crippen molar-refractivity contribution in [3.63, 3.8) is 0 Å². The third-order valence-corrected chi connectivity index (χ3v) is 3.90. The molecule has 6 heteroatoms. The van der Waals surface area contributed by atoms with Gasteiger partial charge in [-0.25, -0.2) is 4.79 Å². The quantitative estimate of drug-likeness (QED) is 0.532. The minimum atomic E-state index is -0.455. The Labute approximate surface area is 114 Å². The molecule has 0 aromatic heterocycles. The predicted octanol–water partition coefficient (Wildman–Crippen LogP) is 1.31. The molecule has 0 aromatic carbocycles. The molecule has 0 radical (unpaired) electrons. The molecule has 1 amide bonds. The summed E-state index contributed by atoms with van der Waals surface area (Å²) in [5, 5.41) is 3.98. The lowest BCUT2D eigenvalue weighted by atomic mass is 9.88. The topological polar surface area (TPSA) is 54.4 Å². The first-order valence-electron chi connectivity index (χ1n) is 6.73. The Kier molecular flexibility index (Phi) is 4.10. The molecule has 0 saturated carbocycles. The van der Waals surface area contributed by atoms with E-state index in [1.165, 1.54) is 4.90 Å². The highest BCUT2D eigenvalue weighted by molar-refractivity contribution is 5.91. The van der Waals surface area contributed by atoms with Gasteiger partial charge in [0.05, 0.1) is 17.4 Å². The molecular formula is C13H23N3O3. The van der Waals surface area contributed by atoms with Crippen LogP contribution in [-0.2, 0) is 9.57 Å². The molecule has 1 unspecified atom stereocenters. The first kappa shape index (κ1) is 14.3.